The molecule has 3 heterocycles. The number of nitrogens with zero attached hydrogens (tertiary/aromatic N) is 3. The predicted octanol–water partition coefficient (Wildman–Crippen LogP) is -2.02. The van der Waals surface area contributed by atoms with E-state index >= 15 is 0 Å². The lowest BCUT2D eigenvalue weighted by Gasteiger charge is -2.33. The van der Waals surface area contributed by atoms with E-state index in [1.54, 1.807) is 0 Å². The highest BCUT2D eigenvalue weighted by atomic mass is 19.1. The number of aliphatic hydroxyl groups is 2. The Morgan fingerprint density at radius 2 is 2.00 bits per heavy atom. The molecular formula is C14H21FN3O7+. The maximum Gasteiger partial charge on any atom is 0.337 e. The summed E-state index contributed by atoms with van der Waals surface area (Å²) in [4.78, 5) is 24.7. The molecule has 0 bridgehead atoms. The van der Waals surface area contributed by atoms with Gasteiger partial charge in [-0.25, -0.2) is 14.6 Å². The third kappa shape index (κ3) is 3.52. The van der Waals surface area contributed by atoms with Crippen molar-refractivity contribution in [1.29, 1.82) is 0 Å². The maximum absolute atomic E-state index is 14.1. The van der Waals surface area contributed by atoms with Gasteiger partial charge in [0.05, 0.1) is 32.1 Å². The van der Waals surface area contributed by atoms with E-state index in [-0.39, 0.29) is 32.7 Å². The van der Waals surface area contributed by atoms with Gasteiger partial charge in [-0.1, -0.05) is 0 Å². The van der Waals surface area contributed by atoms with Gasteiger partial charge in [0, 0.05) is 6.42 Å². The monoisotopic (exact) mass is 362 g/mol. The van der Waals surface area contributed by atoms with Crippen molar-refractivity contribution in [3.8, 4) is 0 Å². The number of quaternary nitrogens is 1. The van der Waals surface area contributed by atoms with Crippen molar-refractivity contribution < 1.29 is 33.9 Å². The first kappa shape index (κ1) is 18.2. The zero-order valence-corrected chi connectivity index (χ0v) is 13.5. The Balaban J connectivity index is 1.95. The van der Waals surface area contributed by atoms with Gasteiger partial charge in [0.25, 0.3) is 5.56 Å². The largest absolute Gasteiger partial charge is 0.394 e. The molecular weight excluding hydrogens is 341 g/mol. The number of hydroxylamine groups is 3. The number of halogens is 1. The summed E-state index contributed by atoms with van der Waals surface area (Å²) >= 11 is 0. The number of hydrogen-bond donors (Lipinski definition) is 3. The van der Waals surface area contributed by atoms with E-state index in [1.165, 1.54) is 0 Å². The summed E-state index contributed by atoms with van der Waals surface area (Å²) in [5.74, 6) is -1.18. The van der Waals surface area contributed by atoms with E-state index in [4.69, 9.17) is 14.6 Å². The Morgan fingerprint density at radius 3 is 2.60 bits per heavy atom. The molecule has 2 aliphatic heterocycles. The molecule has 25 heavy (non-hydrogen) atoms. The normalized spacial score (nSPS) is 29.0. The van der Waals surface area contributed by atoms with E-state index in [1.807, 2.05) is 0 Å². The van der Waals surface area contributed by atoms with Crippen molar-refractivity contribution >= 4 is 0 Å². The highest BCUT2D eigenvalue weighted by molar-refractivity contribution is 4.93. The number of ether oxygens (including phenoxy) is 2. The van der Waals surface area contributed by atoms with Crippen molar-refractivity contribution in [3.05, 3.63) is 32.9 Å². The molecule has 2 fully saturated rings. The van der Waals surface area contributed by atoms with Gasteiger partial charge in [-0.2, -0.15) is 9.04 Å². The summed E-state index contributed by atoms with van der Waals surface area (Å²) in [6, 6.07) is 0. The minimum Gasteiger partial charge on any atom is -0.394 e. The van der Waals surface area contributed by atoms with Crippen LogP contribution in [0.1, 0.15) is 12.6 Å². The van der Waals surface area contributed by atoms with Gasteiger partial charge in [-0.3, -0.25) is 9.36 Å². The lowest BCUT2D eigenvalue weighted by Crippen LogP contribution is -2.57. The summed E-state index contributed by atoms with van der Waals surface area (Å²) in [5.41, 5.74) is -2.00. The molecule has 3 atom stereocenters. The van der Waals surface area contributed by atoms with Crippen LogP contribution in [0.2, 0.25) is 0 Å². The molecule has 2 aliphatic rings. The summed E-state index contributed by atoms with van der Waals surface area (Å²) in [6.07, 6.45) is -2.23. The SMILES string of the molecule is O=c1c(F)cn(C2CC(O)C(CO)O2)c(=O)n1C[N+]1(O)CCOCC1. The van der Waals surface area contributed by atoms with E-state index in [0.29, 0.717) is 4.57 Å². The fourth-order valence-electron chi connectivity index (χ4n) is 3.06. The molecule has 2 saturated heterocycles. The number of rotatable bonds is 4. The molecule has 10 nitrogen and oxygen atoms in total. The van der Waals surface area contributed by atoms with Crippen LogP contribution in [0, 0.1) is 5.82 Å². The molecule has 3 N–H and O–H groups in total. The molecule has 11 heteroatoms. The molecule has 1 aromatic rings. The standard InChI is InChI=1S/C14H21FN3O7/c15-9-6-16(12-5-10(20)11(7-19)25-12)14(22)17(13(9)21)8-18(23)1-3-24-4-2-18/h6,10-12,19-20,23H,1-5,7-8H2/q+1. The van der Waals surface area contributed by atoms with Gasteiger partial charge >= 0.3 is 5.69 Å². The van der Waals surface area contributed by atoms with Crippen LogP contribution in [0.15, 0.2) is 15.8 Å². The quantitative estimate of drug-likeness (QED) is 0.529. The molecule has 0 amide bonds. The van der Waals surface area contributed by atoms with Crippen molar-refractivity contribution in [1.82, 2.24) is 9.13 Å². The Morgan fingerprint density at radius 1 is 1.32 bits per heavy atom. The van der Waals surface area contributed by atoms with E-state index in [9.17, 15) is 24.3 Å². The molecule has 140 valence electrons. The third-order valence-electron chi connectivity index (χ3n) is 4.56. The molecule has 0 spiro atoms. The third-order valence-corrected chi connectivity index (χ3v) is 4.56. The number of aromatic nitrogens is 2. The van der Waals surface area contributed by atoms with E-state index < -0.39 is 53.4 Å². The van der Waals surface area contributed by atoms with Gasteiger partial charge in [-0.15, -0.1) is 0 Å². The van der Waals surface area contributed by atoms with Crippen LogP contribution in [0.3, 0.4) is 0 Å². The second-order valence-corrected chi connectivity index (χ2v) is 6.31. The summed E-state index contributed by atoms with van der Waals surface area (Å²) in [7, 11) is 0. The Kier molecular flexibility index (Phi) is 5.04. The zero-order chi connectivity index (χ0) is 18.2. The zero-order valence-electron chi connectivity index (χ0n) is 13.5. The maximum atomic E-state index is 14.1. The first-order valence-electron chi connectivity index (χ1n) is 7.97. The van der Waals surface area contributed by atoms with Crippen LogP contribution in [-0.2, 0) is 16.1 Å². The number of aliphatic hydroxyl groups excluding tert-OH is 2. The summed E-state index contributed by atoms with van der Waals surface area (Å²) in [6.45, 7) is -0.0420. The highest BCUT2D eigenvalue weighted by Crippen LogP contribution is 2.27. The van der Waals surface area contributed by atoms with Crippen molar-refractivity contribution in [3.63, 3.8) is 0 Å². The van der Waals surface area contributed by atoms with Crippen LogP contribution in [-0.4, -0.2) is 74.3 Å². The summed E-state index contributed by atoms with van der Waals surface area (Å²) < 4.78 is 25.4. The number of hydrogen-bond acceptors (Lipinski definition) is 7. The Labute approximate surface area is 141 Å². The van der Waals surface area contributed by atoms with Gasteiger partial charge in [-0.05, 0) is 0 Å². The summed E-state index contributed by atoms with van der Waals surface area (Å²) in [5, 5.41) is 29.4. The lowest BCUT2D eigenvalue weighted by atomic mass is 10.2. The minimum absolute atomic E-state index is 0.0320. The fraction of sp³-hybridized carbons (Fsp3) is 0.714. The molecule has 1 aromatic heterocycles. The van der Waals surface area contributed by atoms with Crippen molar-refractivity contribution in [2.75, 3.05) is 32.9 Å². The topological polar surface area (TPSA) is 123 Å². The lowest BCUT2D eigenvalue weighted by molar-refractivity contribution is -1.12. The van der Waals surface area contributed by atoms with E-state index in [2.05, 4.69) is 0 Å². The predicted molar refractivity (Wildman–Crippen MR) is 79.1 cm³/mol. The average Bonchev–Trinajstić information content (AvgIpc) is 2.96. The Hall–Kier alpha value is -1.63. The fourth-order valence-corrected chi connectivity index (χ4v) is 3.06. The first-order valence-corrected chi connectivity index (χ1v) is 7.97. The minimum atomic E-state index is -1.18. The van der Waals surface area contributed by atoms with Gasteiger partial charge in [0.2, 0.25) is 5.82 Å². The van der Waals surface area contributed by atoms with Gasteiger partial charge in [0.15, 0.2) is 6.67 Å². The van der Waals surface area contributed by atoms with Crippen LogP contribution in [0.4, 0.5) is 4.39 Å². The molecule has 0 saturated carbocycles. The van der Waals surface area contributed by atoms with Crippen LogP contribution < -0.4 is 11.2 Å². The molecule has 0 aromatic carbocycles. The average molecular weight is 362 g/mol. The van der Waals surface area contributed by atoms with Gasteiger partial charge in [0.1, 0.15) is 25.4 Å². The van der Waals surface area contributed by atoms with Gasteiger partial charge < -0.3 is 19.7 Å². The van der Waals surface area contributed by atoms with Crippen molar-refractivity contribution in [2.45, 2.75) is 31.5 Å². The van der Waals surface area contributed by atoms with Crippen LogP contribution >= 0.6 is 0 Å². The molecule has 3 unspecified atom stereocenters. The molecule has 0 radical (unpaired) electrons. The Bertz CT molecular complexity index is 743. The molecule has 3 rings (SSSR count). The second-order valence-electron chi connectivity index (χ2n) is 6.31. The smallest absolute Gasteiger partial charge is 0.337 e. The van der Waals surface area contributed by atoms with E-state index in [0.717, 1.165) is 10.8 Å². The highest BCUT2D eigenvalue weighted by Gasteiger charge is 2.37. The number of morpholine rings is 1. The van der Waals surface area contributed by atoms with Crippen molar-refractivity contribution in [2.24, 2.45) is 0 Å². The first-order chi connectivity index (χ1) is 11.8. The molecule has 0 aliphatic carbocycles. The van der Waals surface area contributed by atoms with Crippen LogP contribution in [0.25, 0.3) is 0 Å². The van der Waals surface area contributed by atoms with Crippen LogP contribution in [0.5, 0.6) is 0 Å². The second kappa shape index (κ2) is 6.94.